The molecule has 0 spiro atoms. The number of Topliss-reactive ketones (excluding diaryl/α,β-unsaturated/α-hetero) is 1. The number of carbonyl (C=O) groups is 2. The van der Waals surface area contributed by atoms with Gasteiger partial charge in [-0.15, -0.1) is 0 Å². The molecule has 1 aromatic rings. The second kappa shape index (κ2) is 5.33. The number of benzene rings is 1. The van der Waals surface area contributed by atoms with E-state index in [-0.39, 0.29) is 18.7 Å². The number of halogens is 5. The molecule has 0 radical (unpaired) electrons. The van der Waals surface area contributed by atoms with E-state index in [0.29, 0.717) is 0 Å². The summed E-state index contributed by atoms with van der Waals surface area (Å²) in [6, 6.07) is 0.408. The predicted octanol–water partition coefficient (Wildman–Crippen LogP) is 2.73. The molecule has 0 atom stereocenters. The Bertz CT molecular complexity index is 522. The van der Waals surface area contributed by atoms with Crippen LogP contribution < -0.4 is 0 Å². The Labute approximate surface area is 104 Å². The zero-order chi connectivity index (χ0) is 14.8. The molecular weight excluding hydrogens is 275 g/mol. The van der Waals surface area contributed by atoms with Crippen molar-refractivity contribution in [2.45, 2.75) is 13.1 Å². The molecule has 0 amide bonds. The lowest BCUT2D eigenvalue weighted by Crippen LogP contribution is -2.22. The van der Waals surface area contributed by atoms with Crippen LogP contribution >= 0.6 is 0 Å². The molecule has 0 unspecified atom stereocenters. The summed E-state index contributed by atoms with van der Waals surface area (Å²) in [6.07, 6.45) is -5.11. The second-order valence-corrected chi connectivity index (χ2v) is 3.33. The molecule has 8 heteroatoms. The Balaban J connectivity index is 3.36. The van der Waals surface area contributed by atoms with Gasteiger partial charge in [0, 0.05) is 0 Å². The number of ketones is 1. The molecule has 1 aromatic carbocycles. The van der Waals surface area contributed by atoms with E-state index >= 15 is 0 Å². The SMILES string of the molecule is CCOC(=O)C(=O)c1c(F)ccc(C(F)(F)F)c1F. The molecule has 0 fully saturated rings. The van der Waals surface area contributed by atoms with Crippen LogP contribution in [0.1, 0.15) is 22.8 Å². The third kappa shape index (κ3) is 3.07. The smallest absolute Gasteiger partial charge is 0.419 e. The van der Waals surface area contributed by atoms with Crippen molar-refractivity contribution in [2.75, 3.05) is 6.61 Å². The van der Waals surface area contributed by atoms with Gasteiger partial charge in [0.05, 0.1) is 12.2 Å². The van der Waals surface area contributed by atoms with Gasteiger partial charge in [0.25, 0.3) is 5.78 Å². The van der Waals surface area contributed by atoms with E-state index in [0.717, 1.165) is 0 Å². The minimum absolute atomic E-state index is 0.145. The van der Waals surface area contributed by atoms with Crippen LogP contribution in [-0.2, 0) is 15.7 Å². The summed E-state index contributed by atoms with van der Waals surface area (Å²) in [5, 5.41) is 0. The van der Waals surface area contributed by atoms with Gasteiger partial charge in [-0.05, 0) is 19.1 Å². The molecule has 104 valence electrons. The van der Waals surface area contributed by atoms with Crippen molar-refractivity contribution in [2.24, 2.45) is 0 Å². The lowest BCUT2D eigenvalue weighted by atomic mass is 10.0. The minimum atomic E-state index is -5.11. The number of rotatable bonds is 3. The third-order valence-electron chi connectivity index (χ3n) is 2.08. The van der Waals surface area contributed by atoms with Gasteiger partial charge in [-0.25, -0.2) is 13.6 Å². The molecule has 0 saturated heterocycles. The zero-order valence-corrected chi connectivity index (χ0v) is 9.48. The number of hydrogen-bond acceptors (Lipinski definition) is 3. The summed E-state index contributed by atoms with van der Waals surface area (Å²) in [7, 11) is 0. The predicted molar refractivity (Wildman–Crippen MR) is 52.3 cm³/mol. The summed E-state index contributed by atoms with van der Waals surface area (Å²) in [6.45, 7) is 1.07. The quantitative estimate of drug-likeness (QED) is 0.370. The fraction of sp³-hybridized carbons (Fsp3) is 0.273. The van der Waals surface area contributed by atoms with Crippen LogP contribution in [0.15, 0.2) is 12.1 Å². The molecule has 0 saturated carbocycles. The van der Waals surface area contributed by atoms with Crippen LogP contribution in [0.3, 0.4) is 0 Å². The Morgan fingerprint density at radius 2 is 1.79 bits per heavy atom. The van der Waals surface area contributed by atoms with E-state index in [4.69, 9.17) is 0 Å². The molecule has 0 aliphatic heterocycles. The fourth-order valence-corrected chi connectivity index (χ4v) is 1.28. The van der Waals surface area contributed by atoms with Crippen LogP contribution in [0, 0.1) is 11.6 Å². The Hall–Kier alpha value is -1.99. The van der Waals surface area contributed by atoms with Gasteiger partial charge in [-0.3, -0.25) is 4.79 Å². The van der Waals surface area contributed by atoms with Crippen molar-refractivity contribution in [1.29, 1.82) is 0 Å². The van der Waals surface area contributed by atoms with Gasteiger partial charge in [0.1, 0.15) is 17.2 Å². The number of carbonyl (C=O) groups excluding carboxylic acids is 2. The molecular formula is C11H7F5O3. The highest BCUT2D eigenvalue weighted by Crippen LogP contribution is 2.33. The monoisotopic (exact) mass is 282 g/mol. The lowest BCUT2D eigenvalue weighted by Gasteiger charge is -2.11. The fourth-order valence-electron chi connectivity index (χ4n) is 1.28. The highest BCUT2D eigenvalue weighted by atomic mass is 19.4. The minimum Gasteiger partial charge on any atom is -0.460 e. The van der Waals surface area contributed by atoms with Crippen molar-refractivity contribution in [3.63, 3.8) is 0 Å². The maximum atomic E-state index is 13.5. The Kier molecular flexibility index (Phi) is 4.23. The van der Waals surface area contributed by atoms with Crippen molar-refractivity contribution in [3.8, 4) is 0 Å². The second-order valence-electron chi connectivity index (χ2n) is 3.33. The van der Waals surface area contributed by atoms with E-state index in [9.17, 15) is 31.5 Å². The summed E-state index contributed by atoms with van der Waals surface area (Å²) < 4.78 is 68.1. The highest BCUT2D eigenvalue weighted by Gasteiger charge is 2.38. The highest BCUT2D eigenvalue weighted by molar-refractivity contribution is 6.40. The number of alkyl halides is 3. The normalized spacial score (nSPS) is 11.3. The summed E-state index contributed by atoms with van der Waals surface area (Å²) in [5.74, 6) is -7.13. The van der Waals surface area contributed by atoms with Crippen LogP contribution in [0.5, 0.6) is 0 Å². The van der Waals surface area contributed by atoms with E-state index in [1.807, 2.05) is 0 Å². The van der Waals surface area contributed by atoms with Crippen LogP contribution in [0.25, 0.3) is 0 Å². The van der Waals surface area contributed by atoms with Crippen molar-refractivity contribution in [3.05, 3.63) is 34.9 Å². The molecule has 0 N–H and O–H groups in total. The van der Waals surface area contributed by atoms with E-state index < -0.39 is 40.7 Å². The van der Waals surface area contributed by atoms with Gasteiger partial charge in [0.15, 0.2) is 0 Å². The topological polar surface area (TPSA) is 43.4 Å². The number of hydrogen-bond donors (Lipinski definition) is 0. The first kappa shape index (κ1) is 15.1. The lowest BCUT2D eigenvalue weighted by molar-refractivity contribution is -0.140. The van der Waals surface area contributed by atoms with Crippen LogP contribution in [0.4, 0.5) is 22.0 Å². The molecule has 0 aliphatic rings. The van der Waals surface area contributed by atoms with Crippen LogP contribution in [0.2, 0.25) is 0 Å². The maximum Gasteiger partial charge on any atom is 0.419 e. The summed E-state index contributed by atoms with van der Waals surface area (Å²) >= 11 is 0. The third-order valence-corrected chi connectivity index (χ3v) is 2.08. The van der Waals surface area contributed by atoms with Gasteiger partial charge in [0.2, 0.25) is 0 Å². The molecule has 1 rings (SSSR count). The summed E-state index contributed by atoms with van der Waals surface area (Å²) in [5.41, 5.74) is -3.41. The molecule has 19 heavy (non-hydrogen) atoms. The Morgan fingerprint density at radius 3 is 2.26 bits per heavy atom. The van der Waals surface area contributed by atoms with Gasteiger partial charge < -0.3 is 4.74 Å². The van der Waals surface area contributed by atoms with E-state index in [1.54, 1.807) is 0 Å². The first-order valence-electron chi connectivity index (χ1n) is 4.96. The average Bonchev–Trinajstić information content (AvgIpc) is 2.27. The Morgan fingerprint density at radius 1 is 1.21 bits per heavy atom. The number of esters is 1. The molecule has 3 nitrogen and oxygen atoms in total. The zero-order valence-electron chi connectivity index (χ0n) is 9.48. The van der Waals surface area contributed by atoms with Crippen molar-refractivity contribution >= 4 is 11.8 Å². The van der Waals surface area contributed by atoms with Gasteiger partial charge >= 0.3 is 12.1 Å². The first-order valence-corrected chi connectivity index (χ1v) is 4.96. The van der Waals surface area contributed by atoms with Crippen molar-refractivity contribution in [1.82, 2.24) is 0 Å². The maximum absolute atomic E-state index is 13.5. The molecule has 0 heterocycles. The largest absolute Gasteiger partial charge is 0.460 e. The molecule has 0 aliphatic carbocycles. The standard InChI is InChI=1S/C11H7F5O3/c1-2-19-10(18)9(17)7-6(12)4-3-5(8(7)13)11(14,15)16/h3-4H,2H2,1H3. The molecule has 0 aromatic heterocycles. The van der Waals surface area contributed by atoms with Gasteiger partial charge in [-0.1, -0.05) is 0 Å². The number of ether oxygens (including phenoxy) is 1. The van der Waals surface area contributed by atoms with Crippen LogP contribution in [-0.4, -0.2) is 18.4 Å². The van der Waals surface area contributed by atoms with E-state index in [2.05, 4.69) is 4.74 Å². The summed E-state index contributed by atoms with van der Waals surface area (Å²) in [4.78, 5) is 22.4. The van der Waals surface area contributed by atoms with E-state index in [1.165, 1.54) is 6.92 Å². The van der Waals surface area contributed by atoms with Crippen molar-refractivity contribution < 1.29 is 36.3 Å². The molecule has 0 bridgehead atoms. The average molecular weight is 282 g/mol. The van der Waals surface area contributed by atoms with Gasteiger partial charge in [-0.2, -0.15) is 13.2 Å². The first-order chi connectivity index (χ1) is 8.70.